The van der Waals surface area contributed by atoms with Crippen LogP contribution in [0.15, 0.2) is 15.8 Å². The topological polar surface area (TPSA) is 53.1 Å². The van der Waals surface area contributed by atoms with Gasteiger partial charge in [0.1, 0.15) is 5.75 Å². The Morgan fingerprint density at radius 2 is 2.30 bits per heavy atom. The zero-order valence-electron chi connectivity index (χ0n) is 5.38. The average Bonchev–Trinajstić information content (AvgIpc) is 1.82. The van der Waals surface area contributed by atoms with Gasteiger partial charge < -0.3 is 10.1 Å². The van der Waals surface area contributed by atoms with Crippen molar-refractivity contribution in [3.8, 4) is 5.75 Å². The van der Waals surface area contributed by atoms with Crippen LogP contribution in [0.2, 0.25) is 0 Å². The first kappa shape index (κ1) is 7.21. The van der Waals surface area contributed by atoms with Crippen LogP contribution in [0.4, 0.5) is 0 Å². The molecule has 0 saturated carbocycles. The highest BCUT2D eigenvalue weighted by molar-refractivity contribution is 7.80. The third-order valence-electron chi connectivity index (χ3n) is 1.18. The lowest BCUT2D eigenvalue weighted by atomic mass is 10.3. The van der Waals surface area contributed by atoms with Crippen molar-refractivity contribution in [2.24, 2.45) is 0 Å². The van der Waals surface area contributed by atoms with Gasteiger partial charge in [0.05, 0.1) is 4.90 Å². The molecule has 0 bridgehead atoms. The van der Waals surface area contributed by atoms with E-state index in [-0.39, 0.29) is 11.3 Å². The molecular weight excluding hydrogens is 150 g/mol. The first-order valence-corrected chi connectivity index (χ1v) is 3.18. The fraction of sp³-hybridized carbons (Fsp3) is 0.167. The van der Waals surface area contributed by atoms with Gasteiger partial charge in [0, 0.05) is 11.8 Å². The maximum Gasteiger partial charge on any atom is 0.251 e. The summed E-state index contributed by atoms with van der Waals surface area (Å²) >= 11 is 3.94. The Morgan fingerprint density at radius 1 is 1.70 bits per heavy atom. The summed E-state index contributed by atoms with van der Waals surface area (Å²) in [5, 5.41) is 8.98. The van der Waals surface area contributed by atoms with E-state index in [1.165, 1.54) is 0 Å². The number of aromatic nitrogens is 1. The number of pyridine rings is 1. The molecular formula is C6H7NO2S. The summed E-state index contributed by atoms with van der Waals surface area (Å²) in [7, 11) is 0. The second-order valence-corrected chi connectivity index (χ2v) is 2.44. The normalized spacial score (nSPS) is 9.80. The smallest absolute Gasteiger partial charge is 0.251 e. The Balaban J connectivity index is 3.46. The van der Waals surface area contributed by atoms with Crippen LogP contribution in [0.1, 0.15) is 5.69 Å². The largest absolute Gasteiger partial charge is 0.507 e. The quantitative estimate of drug-likeness (QED) is 0.485. The Labute approximate surface area is 63.1 Å². The number of hydrogen-bond acceptors (Lipinski definition) is 3. The molecule has 0 spiro atoms. The summed E-state index contributed by atoms with van der Waals surface area (Å²) in [4.78, 5) is 13.5. The molecule has 1 rings (SSSR count). The fourth-order valence-corrected chi connectivity index (χ4v) is 0.785. The van der Waals surface area contributed by atoms with Crippen molar-refractivity contribution in [2.75, 3.05) is 0 Å². The molecule has 1 aromatic rings. The Hall–Kier alpha value is -0.900. The lowest BCUT2D eigenvalue weighted by Crippen LogP contribution is -2.05. The van der Waals surface area contributed by atoms with Gasteiger partial charge in [0.15, 0.2) is 0 Å². The molecule has 3 nitrogen and oxygen atoms in total. The number of thiol groups is 1. The first-order valence-electron chi connectivity index (χ1n) is 2.73. The van der Waals surface area contributed by atoms with Gasteiger partial charge in [-0.25, -0.2) is 0 Å². The molecule has 0 fully saturated rings. The lowest BCUT2D eigenvalue weighted by molar-refractivity contribution is 0.459. The molecule has 4 heteroatoms. The van der Waals surface area contributed by atoms with E-state index in [0.29, 0.717) is 10.6 Å². The Morgan fingerprint density at radius 3 is 2.80 bits per heavy atom. The van der Waals surface area contributed by atoms with Crippen molar-refractivity contribution < 1.29 is 5.11 Å². The van der Waals surface area contributed by atoms with E-state index in [1.54, 1.807) is 6.92 Å². The molecule has 1 heterocycles. The Bertz CT molecular complexity index is 279. The predicted octanol–water partition coefficient (Wildman–Crippen LogP) is 0.678. The Kier molecular flexibility index (Phi) is 1.72. The van der Waals surface area contributed by atoms with E-state index in [9.17, 15) is 4.79 Å². The predicted molar refractivity (Wildman–Crippen MR) is 40.7 cm³/mol. The lowest BCUT2D eigenvalue weighted by Gasteiger charge is -1.98. The maximum absolute atomic E-state index is 10.6. The maximum atomic E-state index is 10.6. The number of hydrogen-bond donors (Lipinski definition) is 3. The monoisotopic (exact) mass is 157 g/mol. The van der Waals surface area contributed by atoms with Crippen LogP contribution < -0.4 is 5.56 Å². The van der Waals surface area contributed by atoms with Crippen molar-refractivity contribution in [1.29, 1.82) is 0 Å². The van der Waals surface area contributed by atoms with E-state index in [2.05, 4.69) is 17.6 Å². The molecule has 10 heavy (non-hydrogen) atoms. The number of aromatic amines is 1. The molecule has 0 aromatic carbocycles. The minimum absolute atomic E-state index is 0.0791. The minimum Gasteiger partial charge on any atom is -0.507 e. The molecule has 0 radical (unpaired) electrons. The van der Waals surface area contributed by atoms with Gasteiger partial charge in [-0.3, -0.25) is 4.79 Å². The van der Waals surface area contributed by atoms with Gasteiger partial charge in [-0.05, 0) is 6.92 Å². The molecule has 0 aliphatic heterocycles. The minimum atomic E-state index is -0.312. The molecule has 0 aliphatic carbocycles. The number of nitrogens with one attached hydrogen (secondary N) is 1. The first-order chi connectivity index (χ1) is 4.61. The molecule has 0 atom stereocenters. The standard InChI is InChI=1S/C6H7NO2S/c1-3-6(10)4(8)2-5(9)7-3/h2,10H,1H3,(H2,7,8,9). The van der Waals surface area contributed by atoms with Gasteiger partial charge in [-0.1, -0.05) is 0 Å². The summed E-state index contributed by atoms with van der Waals surface area (Å²) in [6.45, 7) is 1.67. The SMILES string of the molecule is Cc1[nH]c(=O)cc(O)c1S. The van der Waals surface area contributed by atoms with Crippen LogP contribution in [0.5, 0.6) is 5.75 Å². The fourth-order valence-electron chi connectivity index (χ4n) is 0.665. The van der Waals surface area contributed by atoms with Crippen molar-refractivity contribution in [1.82, 2.24) is 4.98 Å². The van der Waals surface area contributed by atoms with Gasteiger partial charge in [-0.15, -0.1) is 12.6 Å². The van der Waals surface area contributed by atoms with Crippen LogP contribution in [0.3, 0.4) is 0 Å². The van der Waals surface area contributed by atoms with Gasteiger partial charge in [-0.2, -0.15) is 0 Å². The van der Waals surface area contributed by atoms with Crippen LogP contribution >= 0.6 is 12.6 Å². The molecule has 0 saturated heterocycles. The molecule has 0 unspecified atom stereocenters. The van der Waals surface area contributed by atoms with E-state index in [1.807, 2.05) is 0 Å². The summed E-state index contributed by atoms with van der Waals surface area (Å²) in [6, 6.07) is 1.09. The van der Waals surface area contributed by atoms with E-state index in [4.69, 9.17) is 5.11 Å². The van der Waals surface area contributed by atoms with Crippen LogP contribution in [0.25, 0.3) is 0 Å². The van der Waals surface area contributed by atoms with Crippen molar-refractivity contribution >= 4 is 12.6 Å². The van der Waals surface area contributed by atoms with Crippen LogP contribution in [-0.2, 0) is 0 Å². The van der Waals surface area contributed by atoms with Gasteiger partial charge in [0.25, 0.3) is 5.56 Å². The van der Waals surface area contributed by atoms with E-state index in [0.717, 1.165) is 6.07 Å². The van der Waals surface area contributed by atoms with E-state index < -0.39 is 0 Å². The molecule has 54 valence electrons. The van der Waals surface area contributed by atoms with Crippen molar-refractivity contribution in [2.45, 2.75) is 11.8 Å². The molecule has 0 aliphatic rings. The highest BCUT2D eigenvalue weighted by atomic mass is 32.1. The highest BCUT2D eigenvalue weighted by Crippen LogP contribution is 2.19. The van der Waals surface area contributed by atoms with Crippen LogP contribution in [0, 0.1) is 6.92 Å². The third kappa shape index (κ3) is 1.16. The number of H-pyrrole nitrogens is 1. The van der Waals surface area contributed by atoms with E-state index >= 15 is 0 Å². The van der Waals surface area contributed by atoms with Crippen molar-refractivity contribution in [3.63, 3.8) is 0 Å². The average molecular weight is 157 g/mol. The van der Waals surface area contributed by atoms with Gasteiger partial charge in [0.2, 0.25) is 0 Å². The zero-order chi connectivity index (χ0) is 7.72. The number of aryl methyl sites for hydroxylation is 1. The zero-order valence-corrected chi connectivity index (χ0v) is 6.27. The summed E-state index contributed by atoms with van der Waals surface area (Å²) in [5.74, 6) is -0.0791. The summed E-state index contributed by atoms with van der Waals surface area (Å²) in [5.41, 5.74) is 0.265. The molecule has 0 amide bonds. The van der Waals surface area contributed by atoms with Crippen LogP contribution in [-0.4, -0.2) is 10.1 Å². The second-order valence-electron chi connectivity index (χ2n) is 1.99. The summed E-state index contributed by atoms with van der Waals surface area (Å²) in [6.07, 6.45) is 0. The van der Waals surface area contributed by atoms with Crippen molar-refractivity contribution in [3.05, 3.63) is 22.1 Å². The highest BCUT2D eigenvalue weighted by Gasteiger charge is 2.00. The second kappa shape index (κ2) is 2.38. The summed E-state index contributed by atoms with van der Waals surface area (Å²) < 4.78 is 0. The number of rotatable bonds is 0. The third-order valence-corrected chi connectivity index (χ3v) is 1.74. The van der Waals surface area contributed by atoms with Gasteiger partial charge >= 0.3 is 0 Å². The molecule has 2 N–H and O–H groups in total. The molecule has 1 aromatic heterocycles. The number of aromatic hydroxyl groups is 1.